The molecule has 0 fully saturated rings. The van der Waals surface area contributed by atoms with Crippen molar-refractivity contribution in [1.82, 2.24) is 0 Å². The molecule has 0 aromatic heterocycles. The summed E-state index contributed by atoms with van der Waals surface area (Å²) in [6.07, 6.45) is 0. The van der Waals surface area contributed by atoms with E-state index in [0.717, 1.165) is 5.56 Å². The number of nitrogens with one attached hydrogen (secondary N) is 1. The number of fused-ring (bicyclic) bond motifs is 1. The summed E-state index contributed by atoms with van der Waals surface area (Å²) < 4.78 is 16.4. The molecule has 5 nitrogen and oxygen atoms in total. The number of halogens is 4. The second-order valence-electron chi connectivity index (χ2n) is 5.53. The van der Waals surface area contributed by atoms with Crippen molar-refractivity contribution in [3.63, 3.8) is 0 Å². The first kappa shape index (κ1) is 18.8. The molecule has 0 aliphatic carbocycles. The normalized spacial score (nSPS) is 13.8. The number of benzene rings is 2. The number of carbonyl (C=O) groups is 2. The van der Waals surface area contributed by atoms with Crippen molar-refractivity contribution >= 4 is 58.0 Å². The summed E-state index contributed by atoms with van der Waals surface area (Å²) in [7, 11) is 0. The Balaban J connectivity index is 1.84. The minimum atomic E-state index is -2.10. The van der Waals surface area contributed by atoms with Crippen LogP contribution in [0.4, 0.5) is 15.8 Å². The Morgan fingerprint density at radius 3 is 2.54 bits per heavy atom. The number of rotatable bonds is 3. The molecule has 1 aliphatic heterocycles. The van der Waals surface area contributed by atoms with Gasteiger partial charge in [0.25, 0.3) is 15.6 Å². The van der Waals surface area contributed by atoms with Gasteiger partial charge in [-0.15, -0.1) is 0 Å². The van der Waals surface area contributed by atoms with Gasteiger partial charge < -0.3 is 15.0 Å². The van der Waals surface area contributed by atoms with E-state index in [2.05, 4.69) is 5.32 Å². The average molecular weight is 418 g/mol. The summed E-state index contributed by atoms with van der Waals surface area (Å²) >= 11 is 16.6. The smallest absolute Gasteiger partial charge is 0.276 e. The SMILES string of the molecule is O=C1COc2cc(NC(=O)C(Cl)(Cl)Cl)ccc2N1Cc1ccc(F)cc1. The third-order valence-electron chi connectivity index (χ3n) is 3.67. The van der Waals surface area contributed by atoms with Crippen molar-refractivity contribution in [2.75, 3.05) is 16.8 Å². The summed E-state index contributed by atoms with van der Waals surface area (Å²) in [6, 6.07) is 10.6. The molecule has 9 heteroatoms. The molecule has 3 rings (SSSR count). The number of hydrogen-bond donors (Lipinski definition) is 1. The number of alkyl halides is 3. The standard InChI is InChI=1S/C17H12Cl3FN2O3/c18-17(19,20)16(25)22-12-5-6-13-14(7-12)26-9-15(24)23(13)8-10-1-3-11(21)4-2-10/h1-7H,8-9H2,(H,22,25). The third-order valence-corrected chi connectivity index (χ3v) is 4.19. The molecule has 0 bridgehead atoms. The molecule has 0 unspecified atom stereocenters. The van der Waals surface area contributed by atoms with Gasteiger partial charge in [-0.05, 0) is 29.8 Å². The van der Waals surface area contributed by atoms with Crippen molar-refractivity contribution in [2.24, 2.45) is 0 Å². The van der Waals surface area contributed by atoms with E-state index in [1.807, 2.05) is 0 Å². The van der Waals surface area contributed by atoms with Crippen LogP contribution >= 0.6 is 34.8 Å². The van der Waals surface area contributed by atoms with Crippen LogP contribution in [0.3, 0.4) is 0 Å². The Morgan fingerprint density at radius 2 is 1.88 bits per heavy atom. The summed E-state index contributed by atoms with van der Waals surface area (Å²) in [5, 5.41) is 2.45. The van der Waals surface area contributed by atoms with Crippen LogP contribution in [0.25, 0.3) is 0 Å². The molecule has 1 aliphatic rings. The highest BCUT2D eigenvalue weighted by atomic mass is 35.6. The topological polar surface area (TPSA) is 58.6 Å². The zero-order chi connectivity index (χ0) is 18.9. The number of carbonyl (C=O) groups excluding carboxylic acids is 2. The Labute approximate surface area is 163 Å². The molecule has 0 radical (unpaired) electrons. The van der Waals surface area contributed by atoms with Crippen LogP contribution in [-0.4, -0.2) is 22.2 Å². The molecule has 2 aromatic carbocycles. The van der Waals surface area contributed by atoms with Crippen LogP contribution < -0.4 is 15.0 Å². The van der Waals surface area contributed by atoms with E-state index >= 15 is 0 Å². The van der Waals surface area contributed by atoms with Gasteiger partial charge in [-0.2, -0.15) is 0 Å². The maximum atomic E-state index is 13.1. The van der Waals surface area contributed by atoms with Gasteiger partial charge in [0.1, 0.15) is 11.6 Å². The number of amides is 2. The quantitative estimate of drug-likeness (QED) is 0.766. The molecule has 26 heavy (non-hydrogen) atoms. The molecule has 0 saturated carbocycles. The van der Waals surface area contributed by atoms with E-state index in [4.69, 9.17) is 39.5 Å². The highest BCUT2D eigenvalue weighted by molar-refractivity contribution is 6.76. The second kappa shape index (κ2) is 7.31. The first-order chi connectivity index (χ1) is 12.2. The zero-order valence-electron chi connectivity index (χ0n) is 13.1. The van der Waals surface area contributed by atoms with Gasteiger partial charge in [0.2, 0.25) is 0 Å². The van der Waals surface area contributed by atoms with E-state index in [0.29, 0.717) is 17.1 Å². The predicted octanol–water partition coefficient (Wildman–Crippen LogP) is 4.06. The third kappa shape index (κ3) is 4.20. The molecule has 1 heterocycles. The Bertz CT molecular complexity index is 853. The van der Waals surface area contributed by atoms with Crippen molar-refractivity contribution in [1.29, 1.82) is 0 Å². The van der Waals surface area contributed by atoms with Crippen LogP contribution in [0.1, 0.15) is 5.56 Å². The van der Waals surface area contributed by atoms with Gasteiger partial charge >= 0.3 is 0 Å². The van der Waals surface area contributed by atoms with Crippen LogP contribution in [0.2, 0.25) is 0 Å². The maximum Gasteiger partial charge on any atom is 0.276 e. The summed E-state index contributed by atoms with van der Waals surface area (Å²) in [6.45, 7) is 0.103. The lowest BCUT2D eigenvalue weighted by atomic mass is 10.1. The van der Waals surface area contributed by atoms with Gasteiger partial charge in [-0.25, -0.2) is 4.39 Å². The van der Waals surface area contributed by atoms with Crippen LogP contribution in [0.5, 0.6) is 5.75 Å². The van der Waals surface area contributed by atoms with Crippen LogP contribution in [-0.2, 0) is 16.1 Å². The highest BCUT2D eigenvalue weighted by Gasteiger charge is 2.31. The van der Waals surface area contributed by atoms with Crippen molar-refractivity contribution in [3.05, 3.63) is 53.8 Å². The summed E-state index contributed by atoms with van der Waals surface area (Å²) in [5.74, 6) is -0.997. The molecule has 2 aromatic rings. The maximum absolute atomic E-state index is 13.1. The first-order valence-corrected chi connectivity index (χ1v) is 8.57. The van der Waals surface area contributed by atoms with Crippen molar-refractivity contribution in [2.45, 2.75) is 10.3 Å². The Morgan fingerprint density at radius 1 is 1.19 bits per heavy atom. The van der Waals surface area contributed by atoms with E-state index in [1.54, 1.807) is 24.3 Å². The fourth-order valence-electron chi connectivity index (χ4n) is 2.43. The zero-order valence-corrected chi connectivity index (χ0v) is 15.4. The van der Waals surface area contributed by atoms with E-state index in [9.17, 15) is 14.0 Å². The lowest BCUT2D eigenvalue weighted by Crippen LogP contribution is -2.38. The Hall–Kier alpha value is -2.02. The fourth-order valence-corrected chi connectivity index (χ4v) is 2.57. The first-order valence-electron chi connectivity index (χ1n) is 7.44. The number of nitrogens with zero attached hydrogens (tertiary/aromatic N) is 1. The van der Waals surface area contributed by atoms with Gasteiger partial charge in [0, 0.05) is 11.8 Å². The minimum Gasteiger partial charge on any atom is -0.481 e. The molecule has 0 spiro atoms. The van der Waals surface area contributed by atoms with E-state index in [1.165, 1.54) is 23.1 Å². The Kier molecular flexibility index (Phi) is 5.27. The average Bonchev–Trinajstić information content (AvgIpc) is 2.58. The molecule has 0 atom stereocenters. The largest absolute Gasteiger partial charge is 0.481 e. The molecular formula is C17H12Cl3FN2O3. The number of hydrogen-bond acceptors (Lipinski definition) is 3. The van der Waals surface area contributed by atoms with Crippen LogP contribution in [0, 0.1) is 5.82 Å². The van der Waals surface area contributed by atoms with Gasteiger partial charge in [0.05, 0.1) is 12.2 Å². The highest BCUT2D eigenvalue weighted by Crippen LogP contribution is 2.36. The van der Waals surface area contributed by atoms with E-state index in [-0.39, 0.29) is 24.9 Å². The van der Waals surface area contributed by atoms with E-state index < -0.39 is 9.70 Å². The van der Waals surface area contributed by atoms with Crippen LogP contribution in [0.15, 0.2) is 42.5 Å². The van der Waals surface area contributed by atoms with Crippen molar-refractivity contribution < 1.29 is 18.7 Å². The monoisotopic (exact) mass is 416 g/mol. The van der Waals surface area contributed by atoms with Gasteiger partial charge in [-0.1, -0.05) is 46.9 Å². The summed E-state index contributed by atoms with van der Waals surface area (Å²) in [4.78, 5) is 25.5. The predicted molar refractivity (Wildman–Crippen MR) is 98.4 cm³/mol. The number of anilines is 2. The molecule has 0 saturated heterocycles. The van der Waals surface area contributed by atoms with Gasteiger partial charge in [-0.3, -0.25) is 9.59 Å². The molecule has 136 valence electrons. The lowest BCUT2D eigenvalue weighted by Gasteiger charge is -2.30. The number of ether oxygens (including phenoxy) is 1. The fraction of sp³-hybridized carbons (Fsp3) is 0.176. The second-order valence-corrected chi connectivity index (χ2v) is 7.81. The molecule has 1 N–H and O–H groups in total. The molecule has 2 amide bonds. The van der Waals surface area contributed by atoms with Crippen molar-refractivity contribution in [3.8, 4) is 5.75 Å². The van der Waals surface area contributed by atoms with Gasteiger partial charge in [0.15, 0.2) is 6.61 Å². The summed E-state index contributed by atoms with van der Waals surface area (Å²) in [5.41, 5.74) is 1.65. The minimum absolute atomic E-state index is 0.157. The molecular weight excluding hydrogens is 406 g/mol. The lowest BCUT2D eigenvalue weighted by molar-refractivity contribution is -0.121.